The van der Waals surface area contributed by atoms with Gasteiger partial charge in [0, 0.05) is 25.5 Å². The molecule has 5 amide bonds. The van der Waals surface area contributed by atoms with Gasteiger partial charge in [-0.2, -0.15) is 0 Å². The molecule has 2 saturated heterocycles. The van der Waals surface area contributed by atoms with E-state index >= 15 is 0 Å². The minimum Gasteiger partial charge on any atom is -0.391 e. The first-order chi connectivity index (χ1) is 13.6. The fourth-order valence-electron chi connectivity index (χ4n) is 3.44. The highest BCUT2D eigenvalue weighted by Crippen LogP contribution is 2.18. The highest BCUT2D eigenvalue weighted by molar-refractivity contribution is 6.08. The van der Waals surface area contributed by atoms with Crippen molar-refractivity contribution in [3.63, 3.8) is 0 Å². The molecule has 0 aromatic carbocycles. The molecule has 2 atom stereocenters. The van der Waals surface area contributed by atoms with Gasteiger partial charge in [-0.15, -0.1) is 0 Å². The van der Waals surface area contributed by atoms with Crippen molar-refractivity contribution in [3.05, 3.63) is 29.6 Å². The average molecular weight is 403 g/mol. The topological polar surface area (TPSA) is 132 Å². The first-order valence-electron chi connectivity index (χ1n) is 9.41. The number of carbonyl (C=O) groups excluding carboxylic acids is 4. The van der Waals surface area contributed by atoms with Gasteiger partial charge < -0.3 is 20.6 Å². The van der Waals surface area contributed by atoms with Gasteiger partial charge in [0.2, 0.25) is 5.91 Å². The number of aryl methyl sites for hydroxylation is 1. The number of aliphatic hydroxyl groups is 1. The molecule has 2 aliphatic heterocycles. The van der Waals surface area contributed by atoms with Crippen molar-refractivity contribution in [2.24, 2.45) is 0 Å². The van der Waals surface area contributed by atoms with Gasteiger partial charge in [-0.3, -0.25) is 24.3 Å². The number of carbonyl (C=O) groups is 4. The third-order valence-electron chi connectivity index (χ3n) is 5.12. The molecule has 0 saturated carbocycles. The number of nitrogens with zero attached hydrogens (tertiary/aromatic N) is 3. The van der Waals surface area contributed by atoms with E-state index in [1.54, 1.807) is 26.1 Å². The summed E-state index contributed by atoms with van der Waals surface area (Å²) < 4.78 is 0. The standard InChI is InChI=1S/C19H25N5O5/c1-11-6-12(8-20-7-11)16(27)21-13-9-23(5-4-14(13)25)15(26)10-24-17(28)19(2,3)22-18(24)29/h6-8,13-14,25H,4-5,9-10H2,1-3H3,(H,21,27)(H,22,29)/t13-,14+/m1/s1. The third-order valence-corrected chi connectivity index (χ3v) is 5.12. The number of hydrogen-bond acceptors (Lipinski definition) is 6. The molecule has 0 unspecified atom stereocenters. The molecule has 0 aliphatic carbocycles. The molecule has 1 aromatic rings. The van der Waals surface area contributed by atoms with Gasteiger partial charge in [0.1, 0.15) is 12.1 Å². The van der Waals surface area contributed by atoms with Crippen molar-refractivity contribution < 1.29 is 24.3 Å². The van der Waals surface area contributed by atoms with Crippen LogP contribution in [0.3, 0.4) is 0 Å². The second-order valence-electron chi connectivity index (χ2n) is 7.97. The van der Waals surface area contributed by atoms with Crippen LogP contribution in [-0.4, -0.2) is 81.0 Å². The number of urea groups is 1. The molecule has 10 nitrogen and oxygen atoms in total. The van der Waals surface area contributed by atoms with E-state index < -0.39 is 41.4 Å². The second-order valence-corrected chi connectivity index (χ2v) is 7.97. The van der Waals surface area contributed by atoms with E-state index in [4.69, 9.17) is 0 Å². The Balaban J connectivity index is 1.63. The Kier molecular flexibility index (Phi) is 5.56. The molecule has 3 rings (SSSR count). The highest BCUT2D eigenvalue weighted by atomic mass is 16.3. The number of piperidine rings is 1. The quantitative estimate of drug-likeness (QED) is 0.576. The Morgan fingerprint density at radius 3 is 2.69 bits per heavy atom. The van der Waals surface area contributed by atoms with Crippen LogP contribution in [0.15, 0.2) is 18.5 Å². The van der Waals surface area contributed by atoms with Crippen LogP contribution >= 0.6 is 0 Å². The molecule has 3 heterocycles. The molecule has 3 N–H and O–H groups in total. The smallest absolute Gasteiger partial charge is 0.325 e. The lowest BCUT2D eigenvalue weighted by atomic mass is 10.0. The number of aromatic nitrogens is 1. The van der Waals surface area contributed by atoms with E-state index in [-0.39, 0.29) is 26.1 Å². The van der Waals surface area contributed by atoms with Crippen LogP contribution in [0.5, 0.6) is 0 Å². The number of aliphatic hydroxyl groups excluding tert-OH is 1. The predicted octanol–water partition coefficient (Wildman–Crippen LogP) is -0.588. The summed E-state index contributed by atoms with van der Waals surface area (Å²) in [6.45, 7) is 4.92. The number of rotatable bonds is 4. The Morgan fingerprint density at radius 1 is 1.34 bits per heavy atom. The Bertz CT molecular complexity index is 855. The zero-order chi connectivity index (χ0) is 21.3. The van der Waals surface area contributed by atoms with Gasteiger partial charge in [-0.05, 0) is 38.8 Å². The molecule has 0 bridgehead atoms. The molecular formula is C19H25N5O5. The predicted molar refractivity (Wildman–Crippen MR) is 102 cm³/mol. The van der Waals surface area contributed by atoms with Gasteiger partial charge in [-0.25, -0.2) is 4.79 Å². The van der Waals surface area contributed by atoms with Crippen LogP contribution < -0.4 is 10.6 Å². The van der Waals surface area contributed by atoms with Crippen LogP contribution in [0.25, 0.3) is 0 Å². The lowest BCUT2D eigenvalue weighted by Crippen LogP contribution is -2.57. The number of imide groups is 1. The van der Waals surface area contributed by atoms with Gasteiger partial charge >= 0.3 is 6.03 Å². The molecule has 10 heteroatoms. The van der Waals surface area contributed by atoms with Crippen LogP contribution in [0.1, 0.15) is 36.2 Å². The molecule has 29 heavy (non-hydrogen) atoms. The first-order valence-corrected chi connectivity index (χ1v) is 9.41. The lowest BCUT2D eigenvalue weighted by Gasteiger charge is -2.37. The van der Waals surface area contributed by atoms with E-state index in [2.05, 4.69) is 15.6 Å². The van der Waals surface area contributed by atoms with Crippen molar-refractivity contribution in [1.82, 2.24) is 25.4 Å². The van der Waals surface area contributed by atoms with Gasteiger partial charge in [0.05, 0.1) is 17.7 Å². The van der Waals surface area contributed by atoms with Crippen LogP contribution in [0, 0.1) is 6.92 Å². The molecule has 1 aromatic heterocycles. The molecule has 156 valence electrons. The molecular weight excluding hydrogens is 378 g/mol. The summed E-state index contributed by atoms with van der Waals surface area (Å²) in [5, 5.41) is 15.5. The van der Waals surface area contributed by atoms with Crippen molar-refractivity contribution in [3.8, 4) is 0 Å². The zero-order valence-electron chi connectivity index (χ0n) is 16.6. The number of nitrogens with one attached hydrogen (secondary N) is 2. The minimum atomic E-state index is -1.05. The summed E-state index contributed by atoms with van der Waals surface area (Å²) in [5.41, 5.74) is 0.144. The normalized spacial score (nSPS) is 23.7. The molecule has 0 radical (unpaired) electrons. The summed E-state index contributed by atoms with van der Waals surface area (Å²) >= 11 is 0. The second kappa shape index (κ2) is 7.78. The van der Waals surface area contributed by atoms with E-state index in [0.29, 0.717) is 5.56 Å². The van der Waals surface area contributed by atoms with Gasteiger partial charge in [0.25, 0.3) is 11.8 Å². The first kappa shape index (κ1) is 20.7. The lowest BCUT2D eigenvalue weighted by molar-refractivity contribution is -0.140. The van der Waals surface area contributed by atoms with E-state index in [1.807, 2.05) is 6.92 Å². The van der Waals surface area contributed by atoms with Crippen molar-refractivity contribution in [2.75, 3.05) is 19.6 Å². The van der Waals surface area contributed by atoms with Crippen LogP contribution in [0.2, 0.25) is 0 Å². The summed E-state index contributed by atoms with van der Waals surface area (Å²) in [4.78, 5) is 55.7. The Labute approximate surface area is 168 Å². The monoisotopic (exact) mass is 403 g/mol. The van der Waals surface area contributed by atoms with Gasteiger partial charge in [0.15, 0.2) is 0 Å². The summed E-state index contributed by atoms with van der Waals surface area (Å²) in [6.07, 6.45) is 2.52. The minimum absolute atomic E-state index is 0.0814. The van der Waals surface area contributed by atoms with E-state index in [0.717, 1.165) is 10.5 Å². The maximum Gasteiger partial charge on any atom is 0.325 e. The maximum atomic E-state index is 12.7. The fourth-order valence-corrected chi connectivity index (χ4v) is 3.44. The summed E-state index contributed by atoms with van der Waals surface area (Å²) in [7, 11) is 0. The van der Waals surface area contributed by atoms with Crippen molar-refractivity contribution >= 4 is 23.8 Å². The van der Waals surface area contributed by atoms with Gasteiger partial charge in [-0.1, -0.05) is 0 Å². The van der Waals surface area contributed by atoms with Crippen LogP contribution in [0.4, 0.5) is 4.79 Å². The third kappa shape index (κ3) is 4.37. The number of amides is 5. The van der Waals surface area contributed by atoms with E-state index in [9.17, 15) is 24.3 Å². The fraction of sp³-hybridized carbons (Fsp3) is 0.526. The summed E-state index contributed by atoms with van der Waals surface area (Å²) in [5.74, 6) is -1.28. The zero-order valence-corrected chi connectivity index (χ0v) is 16.6. The molecule has 2 aliphatic rings. The maximum absolute atomic E-state index is 12.7. The van der Waals surface area contributed by atoms with Crippen LogP contribution in [-0.2, 0) is 9.59 Å². The molecule has 2 fully saturated rings. The summed E-state index contributed by atoms with van der Waals surface area (Å²) in [6, 6.07) is 0.405. The largest absolute Gasteiger partial charge is 0.391 e. The Hall–Kier alpha value is -3.01. The highest BCUT2D eigenvalue weighted by Gasteiger charge is 2.45. The average Bonchev–Trinajstić information content (AvgIpc) is 2.85. The Morgan fingerprint density at radius 2 is 2.07 bits per heavy atom. The van der Waals surface area contributed by atoms with Crippen molar-refractivity contribution in [1.29, 1.82) is 0 Å². The van der Waals surface area contributed by atoms with Crippen molar-refractivity contribution in [2.45, 2.75) is 44.9 Å². The number of pyridine rings is 1. The molecule has 0 spiro atoms. The SMILES string of the molecule is Cc1cncc(C(=O)N[C@@H]2CN(C(=O)CN3C(=O)NC(C)(C)C3=O)CC[C@@H]2O)c1. The number of hydrogen-bond donors (Lipinski definition) is 3. The number of likely N-dealkylation sites (tertiary alicyclic amines) is 1. The van der Waals surface area contributed by atoms with E-state index in [1.165, 1.54) is 11.1 Å².